The number of carbonyl (C=O) groups is 1. The van der Waals surface area contributed by atoms with Crippen LogP contribution in [0.2, 0.25) is 0 Å². The Morgan fingerprint density at radius 1 is 1.42 bits per heavy atom. The van der Waals surface area contributed by atoms with Crippen molar-refractivity contribution in [1.29, 1.82) is 0 Å². The number of nitrogens with two attached hydrogens (primary N) is 1. The van der Waals surface area contributed by atoms with E-state index >= 15 is 0 Å². The minimum atomic E-state index is -4.26. The third kappa shape index (κ3) is 5.02. The van der Waals surface area contributed by atoms with Crippen LogP contribution in [0, 0.1) is 0 Å². The summed E-state index contributed by atoms with van der Waals surface area (Å²) >= 11 is 0. The molecule has 0 aliphatic carbocycles. The molecule has 0 atom stereocenters. The molecule has 0 radical (unpaired) electrons. The number of benzene rings is 1. The average Bonchev–Trinajstić information content (AvgIpc) is 2.34. The van der Waals surface area contributed by atoms with Crippen molar-refractivity contribution in [2.45, 2.75) is 12.3 Å². The van der Waals surface area contributed by atoms with Gasteiger partial charge in [-0.2, -0.15) is 8.78 Å². The molecule has 4 nitrogen and oxygen atoms in total. The molecule has 1 aromatic rings. The predicted octanol–water partition coefficient (Wildman–Crippen LogP) is 1.66. The van der Waals surface area contributed by atoms with E-state index in [4.69, 9.17) is 10.5 Å². The summed E-state index contributed by atoms with van der Waals surface area (Å²) in [6.07, 6.45) is -3.83. The molecule has 1 rings (SSSR count). The van der Waals surface area contributed by atoms with Crippen LogP contribution in [0.3, 0.4) is 0 Å². The Kier molecular flexibility index (Phi) is 4.96. The monoisotopic (exact) mass is 280 g/mol. The maximum Gasteiger partial charge on any atom is 0.324 e. The number of alkyl halides is 4. The quantitative estimate of drug-likeness (QED) is 0.615. The van der Waals surface area contributed by atoms with E-state index in [2.05, 4.69) is 0 Å². The third-order valence-corrected chi connectivity index (χ3v) is 2.07. The Balaban J connectivity index is 2.36. The van der Waals surface area contributed by atoms with Gasteiger partial charge in [0, 0.05) is 11.8 Å². The van der Waals surface area contributed by atoms with Crippen LogP contribution in [-0.4, -0.2) is 31.4 Å². The number of carbonyl (C=O) groups excluding carboxylic acids is 1. The molecular weight excluding hydrogens is 268 g/mol. The van der Waals surface area contributed by atoms with Gasteiger partial charge in [-0.3, -0.25) is 4.79 Å². The molecule has 0 saturated heterocycles. The van der Waals surface area contributed by atoms with Crippen LogP contribution in [0.1, 0.15) is 0 Å². The zero-order valence-electron chi connectivity index (χ0n) is 9.71. The average molecular weight is 280 g/mol. The molecule has 106 valence electrons. The number of anilines is 1. The van der Waals surface area contributed by atoms with Gasteiger partial charge in [0.25, 0.3) is 5.91 Å². The van der Waals surface area contributed by atoms with Crippen molar-refractivity contribution >= 4 is 11.6 Å². The number of hydrogen-bond donors (Lipinski definition) is 2. The van der Waals surface area contributed by atoms with E-state index in [-0.39, 0.29) is 5.75 Å². The van der Waals surface area contributed by atoms with Crippen LogP contribution in [-0.2, 0) is 4.79 Å². The van der Waals surface area contributed by atoms with Gasteiger partial charge in [0.2, 0.25) is 0 Å². The molecule has 3 N–H and O–H groups in total. The molecule has 1 aromatic carbocycles. The lowest BCUT2D eigenvalue weighted by Gasteiger charge is -2.15. The summed E-state index contributed by atoms with van der Waals surface area (Å²) in [4.78, 5) is 11.1. The zero-order chi connectivity index (χ0) is 14.5. The zero-order valence-corrected chi connectivity index (χ0v) is 9.71. The first-order chi connectivity index (χ1) is 8.81. The normalized spacial score (nSPS) is 11.4. The van der Waals surface area contributed by atoms with Gasteiger partial charge >= 0.3 is 12.3 Å². The molecule has 0 aliphatic heterocycles. The second kappa shape index (κ2) is 6.26. The molecule has 1 amide bonds. The molecule has 0 aromatic heterocycles. The standard InChI is InChI=1S/C11H12F4N2O2/c12-10(13)11(14,15)6-17-9(18)5-19-8-3-1-2-7(16)4-8/h1-4,10H,5-6,16H2,(H,17,18). The highest BCUT2D eigenvalue weighted by Gasteiger charge is 2.40. The summed E-state index contributed by atoms with van der Waals surface area (Å²) < 4.78 is 53.6. The van der Waals surface area contributed by atoms with Crippen LogP contribution in [0.15, 0.2) is 24.3 Å². The molecule has 0 aliphatic rings. The second-order valence-electron chi connectivity index (χ2n) is 3.70. The molecule has 0 fully saturated rings. The summed E-state index contributed by atoms with van der Waals surface area (Å²) in [6, 6.07) is 6.11. The Morgan fingerprint density at radius 3 is 2.68 bits per heavy atom. The smallest absolute Gasteiger partial charge is 0.324 e. The van der Waals surface area contributed by atoms with Crippen molar-refractivity contribution in [3.8, 4) is 5.75 Å². The number of rotatable bonds is 6. The Morgan fingerprint density at radius 2 is 2.11 bits per heavy atom. The molecule has 0 heterocycles. The molecule has 0 bridgehead atoms. The van der Waals surface area contributed by atoms with Crippen molar-refractivity contribution in [2.24, 2.45) is 0 Å². The summed E-state index contributed by atoms with van der Waals surface area (Å²) in [6.45, 7) is -2.01. The second-order valence-corrected chi connectivity index (χ2v) is 3.70. The van der Waals surface area contributed by atoms with Crippen molar-refractivity contribution in [2.75, 3.05) is 18.9 Å². The van der Waals surface area contributed by atoms with Gasteiger partial charge in [0.05, 0.1) is 6.54 Å². The highest BCUT2D eigenvalue weighted by Crippen LogP contribution is 2.21. The lowest BCUT2D eigenvalue weighted by atomic mass is 10.3. The molecule has 19 heavy (non-hydrogen) atoms. The topological polar surface area (TPSA) is 64.3 Å². The Hall–Kier alpha value is -1.99. The molecule has 0 spiro atoms. The lowest BCUT2D eigenvalue weighted by molar-refractivity contribution is -0.137. The van der Waals surface area contributed by atoms with Gasteiger partial charge in [-0.25, -0.2) is 8.78 Å². The fraction of sp³-hybridized carbons (Fsp3) is 0.364. The van der Waals surface area contributed by atoms with Gasteiger partial charge < -0.3 is 15.8 Å². The van der Waals surface area contributed by atoms with Crippen LogP contribution in [0.25, 0.3) is 0 Å². The maximum atomic E-state index is 12.5. The Labute approximate surface area is 106 Å². The molecular formula is C11H12F4N2O2. The van der Waals surface area contributed by atoms with Crippen LogP contribution < -0.4 is 15.8 Å². The third-order valence-electron chi connectivity index (χ3n) is 2.07. The number of amides is 1. The predicted molar refractivity (Wildman–Crippen MR) is 60.3 cm³/mol. The van der Waals surface area contributed by atoms with E-state index < -0.39 is 31.4 Å². The first kappa shape index (κ1) is 15.1. The highest BCUT2D eigenvalue weighted by atomic mass is 19.3. The minimum Gasteiger partial charge on any atom is -0.484 e. The summed E-state index contributed by atoms with van der Waals surface area (Å²) in [5.74, 6) is -4.91. The van der Waals surface area contributed by atoms with Crippen LogP contribution >= 0.6 is 0 Å². The maximum absolute atomic E-state index is 12.5. The first-order valence-electron chi connectivity index (χ1n) is 5.22. The van der Waals surface area contributed by atoms with Gasteiger partial charge in [-0.05, 0) is 12.1 Å². The molecule has 0 unspecified atom stereocenters. The van der Waals surface area contributed by atoms with E-state index in [1.54, 1.807) is 17.4 Å². The van der Waals surface area contributed by atoms with E-state index in [9.17, 15) is 22.4 Å². The van der Waals surface area contributed by atoms with E-state index in [1.165, 1.54) is 12.1 Å². The van der Waals surface area contributed by atoms with E-state index in [0.29, 0.717) is 5.69 Å². The number of ether oxygens (including phenoxy) is 1. The summed E-state index contributed by atoms with van der Waals surface area (Å²) in [5, 5.41) is 1.66. The molecule has 0 saturated carbocycles. The Bertz CT molecular complexity index is 440. The van der Waals surface area contributed by atoms with E-state index in [1.807, 2.05) is 0 Å². The first-order valence-corrected chi connectivity index (χ1v) is 5.22. The number of nitrogens with one attached hydrogen (secondary N) is 1. The fourth-order valence-electron chi connectivity index (χ4n) is 1.10. The van der Waals surface area contributed by atoms with E-state index in [0.717, 1.165) is 0 Å². The van der Waals surface area contributed by atoms with Crippen LogP contribution in [0.4, 0.5) is 23.2 Å². The number of hydrogen-bond acceptors (Lipinski definition) is 3. The lowest BCUT2D eigenvalue weighted by Crippen LogP contribution is -2.42. The molecule has 8 heteroatoms. The summed E-state index contributed by atoms with van der Waals surface area (Å²) in [7, 11) is 0. The van der Waals surface area contributed by atoms with Crippen molar-refractivity contribution in [3.05, 3.63) is 24.3 Å². The number of halogens is 4. The van der Waals surface area contributed by atoms with Gasteiger partial charge in [0.15, 0.2) is 6.61 Å². The van der Waals surface area contributed by atoms with Crippen molar-refractivity contribution < 1.29 is 27.1 Å². The largest absolute Gasteiger partial charge is 0.484 e. The van der Waals surface area contributed by atoms with Crippen molar-refractivity contribution in [1.82, 2.24) is 5.32 Å². The van der Waals surface area contributed by atoms with Gasteiger partial charge in [-0.1, -0.05) is 6.07 Å². The summed E-state index contributed by atoms with van der Waals surface area (Å²) in [5.41, 5.74) is 5.86. The fourth-order valence-corrected chi connectivity index (χ4v) is 1.10. The minimum absolute atomic E-state index is 0.274. The van der Waals surface area contributed by atoms with Crippen molar-refractivity contribution in [3.63, 3.8) is 0 Å². The van der Waals surface area contributed by atoms with Gasteiger partial charge in [0.1, 0.15) is 5.75 Å². The number of nitrogen functional groups attached to an aromatic ring is 1. The van der Waals surface area contributed by atoms with Crippen LogP contribution in [0.5, 0.6) is 5.75 Å². The highest BCUT2D eigenvalue weighted by molar-refractivity contribution is 5.77. The van der Waals surface area contributed by atoms with Gasteiger partial charge in [-0.15, -0.1) is 0 Å². The SMILES string of the molecule is Nc1cccc(OCC(=O)NCC(F)(F)C(F)F)c1.